The summed E-state index contributed by atoms with van der Waals surface area (Å²) in [6.45, 7) is 2.65. The summed E-state index contributed by atoms with van der Waals surface area (Å²) in [5.41, 5.74) is 9.46. The minimum Gasteiger partial charge on any atom is -0.478 e. The first kappa shape index (κ1) is 16.2. The summed E-state index contributed by atoms with van der Waals surface area (Å²) in [7, 11) is 0. The summed E-state index contributed by atoms with van der Waals surface area (Å²) >= 11 is 0. The highest BCUT2D eigenvalue weighted by molar-refractivity contribution is 5.87. The smallest absolute Gasteiger partial charge is 0.335 e. The summed E-state index contributed by atoms with van der Waals surface area (Å²) in [6, 6.07) is 14.8. The van der Waals surface area contributed by atoms with Crippen LogP contribution >= 0.6 is 0 Å². The highest BCUT2D eigenvalue weighted by atomic mass is 16.4. The summed E-state index contributed by atoms with van der Waals surface area (Å²) in [5, 5.41) is 9.18. The van der Waals surface area contributed by atoms with Crippen LogP contribution in [0.4, 0.5) is 0 Å². The van der Waals surface area contributed by atoms with Gasteiger partial charge in [-0.1, -0.05) is 37.6 Å². The minimum absolute atomic E-state index is 0.134. The van der Waals surface area contributed by atoms with E-state index in [2.05, 4.69) is 11.5 Å². The summed E-state index contributed by atoms with van der Waals surface area (Å²) in [5.74, 6) is -0.0750. The van der Waals surface area contributed by atoms with Gasteiger partial charge in [-0.25, -0.2) is 9.78 Å². The summed E-state index contributed by atoms with van der Waals surface area (Å²) in [6.07, 6.45) is 1.84. The summed E-state index contributed by atoms with van der Waals surface area (Å²) < 4.78 is 2.09. The molecule has 0 saturated heterocycles. The van der Waals surface area contributed by atoms with Crippen LogP contribution in [0, 0.1) is 0 Å². The molecule has 1 aromatic heterocycles. The maximum atomic E-state index is 11.2. The molecule has 0 aliphatic carbocycles. The van der Waals surface area contributed by atoms with Gasteiger partial charge < -0.3 is 15.4 Å². The normalized spacial score (nSPS) is 12.4. The number of carboxylic acids is 1. The van der Waals surface area contributed by atoms with Crippen molar-refractivity contribution in [2.75, 3.05) is 0 Å². The SMILES string of the molecule is CCCC(N)c1nc2ccccc2n1Cc1cccc(C(=O)O)c1. The molecule has 124 valence electrons. The second kappa shape index (κ2) is 6.84. The number of fused-ring (bicyclic) bond motifs is 1. The molecule has 1 heterocycles. The predicted octanol–water partition coefficient (Wildman–Crippen LogP) is 3.58. The van der Waals surface area contributed by atoms with Crippen LogP contribution < -0.4 is 5.73 Å². The molecule has 0 spiro atoms. The third kappa shape index (κ3) is 3.16. The number of nitrogens with two attached hydrogens (primary N) is 1. The van der Waals surface area contributed by atoms with E-state index in [9.17, 15) is 9.90 Å². The number of carboxylic acid groups (broad SMARTS) is 1. The van der Waals surface area contributed by atoms with Crippen molar-refractivity contribution < 1.29 is 9.90 Å². The Balaban J connectivity index is 2.05. The Morgan fingerprint density at radius 2 is 2.04 bits per heavy atom. The first-order valence-corrected chi connectivity index (χ1v) is 8.13. The van der Waals surface area contributed by atoms with Gasteiger partial charge in [0.2, 0.25) is 0 Å². The van der Waals surface area contributed by atoms with Crippen molar-refractivity contribution in [3.05, 3.63) is 65.5 Å². The predicted molar refractivity (Wildman–Crippen MR) is 94.1 cm³/mol. The van der Waals surface area contributed by atoms with Gasteiger partial charge in [0.15, 0.2) is 0 Å². The molecule has 1 unspecified atom stereocenters. The van der Waals surface area contributed by atoms with Crippen LogP contribution in [-0.2, 0) is 6.54 Å². The molecule has 3 rings (SSSR count). The van der Waals surface area contributed by atoms with E-state index in [1.807, 2.05) is 30.3 Å². The van der Waals surface area contributed by atoms with Gasteiger partial charge in [0, 0.05) is 6.54 Å². The lowest BCUT2D eigenvalue weighted by molar-refractivity contribution is 0.0696. The summed E-state index contributed by atoms with van der Waals surface area (Å²) in [4.78, 5) is 15.9. The number of imidazole rings is 1. The Hall–Kier alpha value is -2.66. The van der Waals surface area contributed by atoms with Crippen molar-refractivity contribution in [3.8, 4) is 0 Å². The Kier molecular flexibility index (Phi) is 4.62. The molecule has 1 atom stereocenters. The molecule has 3 aromatic rings. The van der Waals surface area contributed by atoms with Crippen molar-refractivity contribution >= 4 is 17.0 Å². The van der Waals surface area contributed by atoms with E-state index in [4.69, 9.17) is 10.7 Å². The molecule has 5 heteroatoms. The number of nitrogens with zero attached hydrogens (tertiary/aromatic N) is 2. The van der Waals surface area contributed by atoms with Crippen LogP contribution in [0.15, 0.2) is 48.5 Å². The fourth-order valence-corrected chi connectivity index (χ4v) is 2.97. The molecule has 0 aliphatic heterocycles. The number of rotatable bonds is 6. The fourth-order valence-electron chi connectivity index (χ4n) is 2.97. The number of hydrogen-bond donors (Lipinski definition) is 2. The van der Waals surface area contributed by atoms with E-state index in [0.717, 1.165) is 35.3 Å². The van der Waals surface area contributed by atoms with E-state index in [-0.39, 0.29) is 11.6 Å². The number of aromatic nitrogens is 2. The number of carbonyl (C=O) groups is 1. The van der Waals surface area contributed by atoms with E-state index in [0.29, 0.717) is 6.54 Å². The molecule has 0 radical (unpaired) electrons. The second-order valence-corrected chi connectivity index (χ2v) is 5.95. The quantitative estimate of drug-likeness (QED) is 0.726. The molecule has 24 heavy (non-hydrogen) atoms. The zero-order valence-corrected chi connectivity index (χ0v) is 13.6. The van der Waals surface area contributed by atoms with Gasteiger partial charge in [0.25, 0.3) is 0 Å². The Bertz CT molecular complexity index is 870. The average molecular weight is 323 g/mol. The van der Waals surface area contributed by atoms with E-state index in [1.165, 1.54) is 0 Å². The molecule has 5 nitrogen and oxygen atoms in total. The van der Waals surface area contributed by atoms with Crippen LogP contribution in [0.25, 0.3) is 11.0 Å². The largest absolute Gasteiger partial charge is 0.478 e. The monoisotopic (exact) mass is 323 g/mol. The molecular formula is C19H21N3O2. The van der Waals surface area contributed by atoms with Crippen LogP contribution in [0.5, 0.6) is 0 Å². The number of benzene rings is 2. The van der Waals surface area contributed by atoms with Crippen LogP contribution in [0.3, 0.4) is 0 Å². The molecule has 0 bridgehead atoms. The van der Waals surface area contributed by atoms with Crippen molar-refractivity contribution in [1.82, 2.24) is 9.55 Å². The van der Waals surface area contributed by atoms with Crippen LogP contribution in [-0.4, -0.2) is 20.6 Å². The molecule has 3 N–H and O–H groups in total. The Morgan fingerprint density at radius 3 is 2.79 bits per heavy atom. The van der Waals surface area contributed by atoms with Crippen molar-refractivity contribution in [3.63, 3.8) is 0 Å². The third-order valence-electron chi connectivity index (χ3n) is 4.13. The standard InChI is InChI=1S/C19H21N3O2/c1-2-6-15(20)18-21-16-9-3-4-10-17(16)22(18)12-13-7-5-8-14(11-13)19(23)24/h3-5,7-11,15H,2,6,12,20H2,1H3,(H,23,24). The maximum absolute atomic E-state index is 11.2. The fraction of sp³-hybridized carbons (Fsp3) is 0.263. The molecule has 0 saturated carbocycles. The number of aromatic carboxylic acids is 1. The zero-order valence-electron chi connectivity index (χ0n) is 13.6. The van der Waals surface area contributed by atoms with Gasteiger partial charge in [-0.05, 0) is 36.2 Å². The molecule has 0 aliphatic rings. The van der Waals surface area contributed by atoms with Gasteiger partial charge in [-0.3, -0.25) is 0 Å². The first-order chi connectivity index (χ1) is 11.6. The Morgan fingerprint density at radius 1 is 1.25 bits per heavy atom. The number of para-hydroxylation sites is 2. The average Bonchev–Trinajstić information content (AvgIpc) is 2.94. The van der Waals surface area contributed by atoms with E-state index in [1.54, 1.807) is 18.2 Å². The van der Waals surface area contributed by atoms with E-state index >= 15 is 0 Å². The van der Waals surface area contributed by atoms with E-state index < -0.39 is 5.97 Å². The molecule has 0 amide bonds. The first-order valence-electron chi connectivity index (χ1n) is 8.13. The lowest BCUT2D eigenvalue weighted by atomic mass is 10.1. The lowest BCUT2D eigenvalue weighted by Crippen LogP contribution is -2.17. The van der Waals surface area contributed by atoms with Crippen LogP contribution in [0.2, 0.25) is 0 Å². The molecule has 2 aromatic carbocycles. The number of hydrogen-bond acceptors (Lipinski definition) is 3. The lowest BCUT2D eigenvalue weighted by Gasteiger charge is -2.14. The van der Waals surface area contributed by atoms with Crippen molar-refractivity contribution in [2.24, 2.45) is 5.73 Å². The molecular weight excluding hydrogens is 302 g/mol. The highest BCUT2D eigenvalue weighted by Gasteiger charge is 2.17. The van der Waals surface area contributed by atoms with Gasteiger partial charge in [0.1, 0.15) is 5.82 Å². The maximum Gasteiger partial charge on any atom is 0.335 e. The van der Waals surface area contributed by atoms with Crippen molar-refractivity contribution in [1.29, 1.82) is 0 Å². The van der Waals surface area contributed by atoms with Crippen molar-refractivity contribution in [2.45, 2.75) is 32.4 Å². The topological polar surface area (TPSA) is 81.1 Å². The zero-order chi connectivity index (χ0) is 17.1. The van der Waals surface area contributed by atoms with Gasteiger partial charge >= 0.3 is 5.97 Å². The van der Waals surface area contributed by atoms with Crippen LogP contribution in [0.1, 0.15) is 47.6 Å². The molecule has 0 fully saturated rings. The van der Waals surface area contributed by atoms with Gasteiger partial charge in [0.05, 0.1) is 22.6 Å². The highest BCUT2D eigenvalue weighted by Crippen LogP contribution is 2.23. The minimum atomic E-state index is -0.921. The van der Waals surface area contributed by atoms with Gasteiger partial charge in [-0.15, -0.1) is 0 Å². The second-order valence-electron chi connectivity index (χ2n) is 5.95. The third-order valence-corrected chi connectivity index (χ3v) is 4.13. The van der Waals surface area contributed by atoms with Gasteiger partial charge in [-0.2, -0.15) is 0 Å². The Labute approximate surface area is 140 Å².